The maximum atomic E-state index is 12.0. The smallest absolute Gasteiger partial charge is 0.335 e. The standard InChI is InChI=1S/C25H30ClNO5/c1-15(2)14-31-21-10-7-18(24(29)30)11-20(21)23-13-25(4,27-16(3)28)12-22(32-23)17-5-8-19(26)9-6-17/h5-11,15,22-23H,12-14H2,1-4H3,(H,27,28)(H,29,30)/t22-,23+,25-/m0/s1. The summed E-state index contributed by atoms with van der Waals surface area (Å²) < 4.78 is 12.5. The molecule has 3 rings (SSSR count). The van der Waals surface area contributed by atoms with Crippen LogP contribution in [-0.4, -0.2) is 29.1 Å². The van der Waals surface area contributed by atoms with E-state index >= 15 is 0 Å². The second kappa shape index (κ2) is 9.92. The quantitative estimate of drug-likeness (QED) is 0.566. The summed E-state index contributed by atoms with van der Waals surface area (Å²) in [4.78, 5) is 23.6. The third kappa shape index (κ3) is 6.02. The molecule has 1 heterocycles. The molecule has 1 aliphatic heterocycles. The maximum absolute atomic E-state index is 12.0. The first kappa shape index (κ1) is 24.1. The average molecular weight is 460 g/mol. The van der Waals surface area contributed by atoms with Crippen LogP contribution in [0.1, 0.15) is 74.2 Å². The van der Waals surface area contributed by atoms with E-state index in [9.17, 15) is 14.7 Å². The largest absolute Gasteiger partial charge is 0.493 e. The molecule has 0 saturated carbocycles. The fourth-order valence-corrected chi connectivity index (χ4v) is 4.23. The average Bonchev–Trinajstić information content (AvgIpc) is 2.71. The van der Waals surface area contributed by atoms with Crippen LogP contribution in [0.25, 0.3) is 0 Å². The summed E-state index contributed by atoms with van der Waals surface area (Å²) in [6, 6.07) is 12.3. The zero-order valence-corrected chi connectivity index (χ0v) is 19.6. The van der Waals surface area contributed by atoms with Crippen molar-refractivity contribution >= 4 is 23.5 Å². The van der Waals surface area contributed by atoms with Gasteiger partial charge in [0.1, 0.15) is 5.75 Å². The van der Waals surface area contributed by atoms with E-state index in [-0.39, 0.29) is 17.6 Å². The number of halogens is 1. The number of hydrogen-bond acceptors (Lipinski definition) is 4. The van der Waals surface area contributed by atoms with E-state index < -0.39 is 17.6 Å². The van der Waals surface area contributed by atoms with Crippen LogP contribution in [0.2, 0.25) is 5.02 Å². The van der Waals surface area contributed by atoms with Crippen molar-refractivity contribution in [3.8, 4) is 5.75 Å². The van der Waals surface area contributed by atoms with E-state index in [0.29, 0.717) is 41.7 Å². The van der Waals surface area contributed by atoms with Gasteiger partial charge in [0.2, 0.25) is 5.91 Å². The Morgan fingerprint density at radius 3 is 2.44 bits per heavy atom. The number of ether oxygens (including phenoxy) is 2. The molecule has 6 nitrogen and oxygen atoms in total. The minimum atomic E-state index is -1.02. The van der Waals surface area contributed by atoms with Crippen molar-refractivity contribution in [2.45, 2.75) is 58.3 Å². The van der Waals surface area contributed by atoms with Gasteiger partial charge in [0.05, 0.1) is 24.4 Å². The lowest BCUT2D eigenvalue weighted by molar-refractivity contribution is -0.126. The molecule has 0 aliphatic carbocycles. The van der Waals surface area contributed by atoms with E-state index in [1.54, 1.807) is 12.1 Å². The lowest BCUT2D eigenvalue weighted by atomic mass is 9.81. The normalized spacial score (nSPS) is 23.1. The number of rotatable bonds is 7. The number of carboxylic acids is 1. The zero-order valence-electron chi connectivity index (χ0n) is 18.9. The van der Waals surface area contributed by atoms with Crippen molar-refractivity contribution in [2.75, 3.05) is 6.61 Å². The maximum Gasteiger partial charge on any atom is 0.335 e. The fourth-order valence-electron chi connectivity index (χ4n) is 4.10. The first-order valence-electron chi connectivity index (χ1n) is 10.8. The first-order chi connectivity index (χ1) is 15.1. The molecular formula is C25H30ClNO5. The van der Waals surface area contributed by atoms with Gasteiger partial charge in [0.15, 0.2) is 0 Å². The Bertz CT molecular complexity index is 975. The van der Waals surface area contributed by atoms with E-state index in [1.165, 1.54) is 13.0 Å². The number of hydrogen-bond donors (Lipinski definition) is 2. The molecule has 0 radical (unpaired) electrons. The van der Waals surface area contributed by atoms with Crippen LogP contribution in [0, 0.1) is 5.92 Å². The molecule has 0 bridgehead atoms. The molecule has 32 heavy (non-hydrogen) atoms. The van der Waals surface area contributed by atoms with Gasteiger partial charge in [-0.3, -0.25) is 4.79 Å². The highest BCUT2D eigenvalue weighted by Crippen LogP contribution is 2.46. The zero-order chi connectivity index (χ0) is 23.5. The number of carboxylic acid groups (broad SMARTS) is 1. The van der Waals surface area contributed by atoms with Gasteiger partial charge < -0.3 is 19.9 Å². The molecule has 1 aliphatic rings. The number of amides is 1. The Morgan fingerprint density at radius 1 is 1.19 bits per heavy atom. The van der Waals surface area contributed by atoms with Crippen molar-refractivity contribution < 1.29 is 24.2 Å². The van der Waals surface area contributed by atoms with E-state index in [2.05, 4.69) is 5.32 Å². The molecule has 3 atom stereocenters. The Balaban J connectivity index is 2.03. The predicted molar refractivity (Wildman–Crippen MR) is 123 cm³/mol. The lowest BCUT2D eigenvalue weighted by Crippen LogP contribution is -2.50. The summed E-state index contributed by atoms with van der Waals surface area (Å²) in [6.45, 7) is 8.08. The predicted octanol–water partition coefficient (Wildman–Crippen LogP) is 5.56. The highest BCUT2D eigenvalue weighted by Gasteiger charge is 2.41. The van der Waals surface area contributed by atoms with Crippen LogP contribution >= 0.6 is 11.6 Å². The van der Waals surface area contributed by atoms with E-state index in [0.717, 1.165) is 5.56 Å². The van der Waals surface area contributed by atoms with Gasteiger partial charge in [0.25, 0.3) is 0 Å². The summed E-state index contributed by atoms with van der Waals surface area (Å²) >= 11 is 6.06. The van der Waals surface area contributed by atoms with Gasteiger partial charge in [-0.2, -0.15) is 0 Å². The van der Waals surface area contributed by atoms with Gasteiger partial charge in [-0.1, -0.05) is 37.6 Å². The van der Waals surface area contributed by atoms with Crippen LogP contribution < -0.4 is 10.1 Å². The summed E-state index contributed by atoms with van der Waals surface area (Å²) in [7, 11) is 0. The Morgan fingerprint density at radius 2 is 1.84 bits per heavy atom. The van der Waals surface area contributed by atoms with Gasteiger partial charge in [-0.25, -0.2) is 4.79 Å². The number of benzene rings is 2. The second-order valence-corrected chi connectivity index (χ2v) is 9.51. The number of carbonyl (C=O) groups excluding carboxylic acids is 1. The van der Waals surface area contributed by atoms with Crippen molar-refractivity contribution in [2.24, 2.45) is 5.92 Å². The highest BCUT2D eigenvalue weighted by atomic mass is 35.5. The highest BCUT2D eigenvalue weighted by molar-refractivity contribution is 6.30. The van der Waals surface area contributed by atoms with Crippen molar-refractivity contribution in [3.63, 3.8) is 0 Å². The molecule has 0 spiro atoms. The van der Waals surface area contributed by atoms with Gasteiger partial charge in [-0.05, 0) is 48.7 Å². The summed E-state index contributed by atoms with van der Waals surface area (Å²) in [5.41, 5.74) is 1.22. The monoisotopic (exact) mass is 459 g/mol. The molecule has 0 unspecified atom stereocenters. The van der Waals surface area contributed by atoms with E-state index in [1.807, 2.05) is 45.0 Å². The molecule has 7 heteroatoms. The third-order valence-electron chi connectivity index (χ3n) is 5.50. The summed E-state index contributed by atoms with van der Waals surface area (Å²) in [6.07, 6.45) is 0.278. The first-order valence-corrected chi connectivity index (χ1v) is 11.1. The molecule has 2 N–H and O–H groups in total. The molecule has 1 saturated heterocycles. The Labute approximate surface area is 193 Å². The number of aromatic carboxylic acids is 1. The molecule has 1 amide bonds. The van der Waals surface area contributed by atoms with Gasteiger partial charge in [0, 0.05) is 35.9 Å². The summed E-state index contributed by atoms with van der Waals surface area (Å²) in [5, 5.41) is 13.2. The molecular weight excluding hydrogens is 430 g/mol. The summed E-state index contributed by atoms with van der Waals surface area (Å²) in [5.74, 6) is -0.244. The molecule has 172 valence electrons. The third-order valence-corrected chi connectivity index (χ3v) is 5.75. The van der Waals surface area contributed by atoms with Crippen molar-refractivity contribution in [1.82, 2.24) is 5.32 Å². The minimum absolute atomic E-state index is 0.126. The van der Waals surface area contributed by atoms with Crippen LogP contribution in [0.5, 0.6) is 5.75 Å². The van der Waals surface area contributed by atoms with Crippen LogP contribution in [0.15, 0.2) is 42.5 Å². The number of carbonyl (C=O) groups is 2. The van der Waals surface area contributed by atoms with Crippen LogP contribution in [0.3, 0.4) is 0 Å². The van der Waals surface area contributed by atoms with Gasteiger partial charge in [-0.15, -0.1) is 0 Å². The molecule has 2 aromatic rings. The van der Waals surface area contributed by atoms with Crippen molar-refractivity contribution in [1.29, 1.82) is 0 Å². The van der Waals surface area contributed by atoms with Crippen LogP contribution in [-0.2, 0) is 9.53 Å². The molecule has 0 aromatic heterocycles. The Kier molecular flexibility index (Phi) is 7.47. The van der Waals surface area contributed by atoms with Crippen molar-refractivity contribution in [3.05, 3.63) is 64.2 Å². The van der Waals surface area contributed by atoms with Crippen LogP contribution in [0.4, 0.5) is 0 Å². The second-order valence-electron chi connectivity index (χ2n) is 9.08. The number of nitrogens with one attached hydrogen (secondary N) is 1. The minimum Gasteiger partial charge on any atom is -0.493 e. The van der Waals surface area contributed by atoms with E-state index in [4.69, 9.17) is 21.1 Å². The van der Waals surface area contributed by atoms with Gasteiger partial charge >= 0.3 is 5.97 Å². The molecule has 2 aromatic carbocycles. The topological polar surface area (TPSA) is 84.9 Å². The fraction of sp³-hybridized carbons (Fsp3) is 0.440. The Hall–Kier alpha value is -2.57. The lowest BCUT2D eigenvalue weighted by Gasteiger charge is -2.43. The molecule has 1 fully saturated rings. The SMILES string of the molecule is CC(=O)N[C@@]1(C)C[C@@H](c2ccc(Cl)cc2)O[C@@H](c2cc(C(=O)O)ccc2OCC(C)C)C1.